The number of amides is 1. The molecule has 1 amide bonds. The summed E-state index contributed by atoms with van der Waals surface area (Å²) in [4.78, 5) is 17.4. The monoisotopic (exact) mass is 250 g/mol. The highest BCUT2D eigenvalue weighted by Crippen LogP contribution is 2.17. The van der Waals surface area contributed by atoms with Crippen molar-refractivity contribution in [3.05, 3.63) is 23.9 Å². The van der Waals surface area contributed by atoms with E-state index in [4.69, 9.17) is 9.47 Å². The van der Waals surface area contributed by atoms with Crippen LogP contribution in [0.1, 0.15) is 18.9 Å². The van der Waals surface area contributed by atoms with E-state index in [9.17, 15) is 4.79 Å². The molecule has 1 saturated heterocycles. The maximum atomic E-state index is 11.5. The third-order valence-electron chi connectivity index (χ3n) is 2.84. The van der Waals surface area contributed by atoms with Crippen molar-refractivity contribution in [1.82, 2.24) is 9.88 Å². The van der Waals surface area contributed by atoms with E-state index in [2.05, 4.69) is 4.98 Å². The smallest absolute Gasteiger partial charge is 0.409 e. The maximum Gasteiger partial charge on any atom is 0.409 e. The van der Waals surface area contributed by atoms with E-state index in [1.165, 1.54) is 0 Å². The van der Waals surface area contributed by atoms with Gasteiger partial charge in [-0.15, -0.1) is 0 Å². The van der Waals surface area contributed by atoms with Crippen LogP contribution in [0.2, 0.25) is 0 Å². The third kappa shape index (κ3) is 3.12. The molecule has 0 saturated carbocycles. The summed E-state index contributed by atoms with van der Waals surface area (Å²) in [5.41, 5.74) is 1.10. The van der Waals surface area contributed by atoms with Gasteiger partial charge in [-0.05, 0) is 19.4 Å². The van der Waals surface area contributed by atoms with Crippen molar-refractivity contribution in [1.29, 1.82) is 0 Å². The molecule has 5 heteroatoms. The molecule has 0 radical (unpaired) electrons. The molecule has 1 aromatic rings. The maximum absolute atomic E-state index is 11.5. The van der Waals surface area contributed by atoms with Crippen LogP contribution in [0, 0.1) is 6.92 Å². The molecule has 1 unspecified atom stereocenters. The van der Waals surface area contributed by atoms with Crippen LogP contribution in [0.4, 0.5) is 4.79 Å². The lowest BCUT2D eigenvalue weighted by Gasteiger charge is -2.16. The molecule has 2 heterocycles. The molecule has 5 nitrogen and oxygen atoms in total. The van der Waals surface area contributed by atoms with Gasteiger partial charge in [0.15, 0.2) is 0 Å². The zero-order chi connectivity index (χ0) is 13.0. The van der Waals surface area contributed by atoms with Gasteiger partial charge in [0, 0.05) is 25.2 Å². The number of carbonyl (C=O) groups excluding carboxylic acids is 1. The Hall–Kier alpha value is -1.78. The lowest BCUT2D eigenvalue weighted by atomic mass is 10.3. The minimum absolute atomic E-state index is 0.00427. The molecule has 0 spiro atoms. The predicted octanol–water partition coefficient (Wildman–Crippen LogP) is 2.00. The number of pyridine rings is 1. The van der Waals surface area contributed by atoms with Crippen LogP contribution in [0.3, 0.4) is 0 Å². The Balaban J connectivity index is 1.86. The van der Waals surface area contributed by atoms with E-state index in [0.717, 1.165) is 12.0 Å². The van der Waals surface area contributed by atoms with Crippen LogP contribution in [0.15, 0.2) is 18.3 Å². The van der Waals surface area contributed by atoms with Gasteiger partial charge in [-0.1, -0.05) is 6.07 Å². The molecular weight excluding hydrogens is 232 g/mol. The van der Waals surface area contributed by atoms with Gasteiger partial charge in [0.2, 0.25) is 5.88 Å². The van der Waals surface area contributed by atoms with Crippen molar-refractivity contribution in [3.63, 3.8) is 0 Å². The van der Waals surface area contributed by atoms with E-state index in [0.29, 0.717) is 25.6 Å². The van der Waals surface area contributed by atoms with Crippen LogP contribution in [0.5, 0.6) is 5.88 Å². The molecule has 1 aliphatic heterocycles. The van der Waals surface area contributed by atoms with Crippen molar-refractivity contribution < 1.29 is 14.3 Å². The van der Waals surface area contributed by atoms with E-state index in [1.54, 1.807) is 18.0 Å². The topological polar surface area (TPSA) is 51.7 Å². The Morgan fingerprint density at radius 1 is 1.56 bits per heavy atom. The molecular formula is C13H18N2O3. The first kappa shape index (κ1) is 12.7. The number of likely N-dealkylation sites (tertiary alicyclic amines) is 1. The molecule has 0 aromatic carbocycles. The first-order chi connectivity index (χ1) is 8.69. The fourth-order valence-corrected chi connectivity index (χ4v) is 1.90. The molecule has 1 aliphatic rings. The fraction of sp³-hybridized carbons (Fsp3) is 0.538. The van der Waals surface area contributed by atoms with Crippen molar-refractivity contribution in [3.8, 4) is 5.88 Å². The summed E-state index contributed by atoms with van der Waals surface area (Å²) in [7, 11) is 0. The van der Waals surface area contributed by atoms with Crippen LogP contribution in [-0.4, -0.2) is 41.8 Å². The summed E-state index contributed by atoms with van der Waals surface area (Å²) in [5.74, 6) is 0.608. The lowest BCUT2D eigenvalue weighted by Crippen LogP contribution is -2.31. The van der Waals surface area contributed by atoms with Crippen molar-refractivity contribution >= 4 is 6.09 Å². The number of ether oxygens (including phenoxy) is 2. The minimum atomic E-state index is -0.263. The second-order valence-corrected chi connectivity index (χ2v) is 4.35. The van der Waals surface area contributed by atoms with E-state index in [-0.39, 0.29) is 12.2 Å². The molecule has 2 rings (SSSR count). The van der Waals surface area contributed by atoms with Crippen LogP contribution in [0.25, 0.3) is 0 Å². The van der Waals surface area contributed by atoms with Crippen LogP contribution < -0.4 is 4.74 Å². The molecule has 0 bridgehead atoms. The number of rotatable bonds is 3. The summed E-state index contributed by atoms with van der Waals surface area (Å²) in [6.07, 6.45) is 2.33. The number of hydrogen-bond acceptors (Lipinski definition) is 4. The lowest BCUT2D eigenvalue weighted by molar-refractivity contribution is 0.109. The minimum Gasteiger partial charge on any atom is -0.472 e. The van der Waals surface area contributed by atoms with E-state index in [1.807, 2.05) is 19.1 Å². The fourth-order valence-electron chi connectivity index (χ4n) is 1.90. The number of nitrogens with zero attached hydrogens (tertiary/aromatic N) is 2. The highest BCUT2D eigenvalue weighted by molar-refractivity contribution is 5.67. The standard InChI is InChI=1S/C13H18N2O3/c1-3-17-13(16)15-7-6-11(9-15)18-12-5-4-10(2)8-14-12/h4-5,8,11H,3,6-7,9H2,1-2H3. The summed E-state index contributed by atoms with van der Waals surface area (Å²) in [5, 5.41) is 0. The van der Waals surface area contributed by atoms with Gasteiger partial charge in [0.25, 0.3) is 0 Å². The van der Waals surface area contributed by atoms with Gasteiger partial charge in [0.05, 0.1) is 13.2 Å². The van der Waals surface area contributed by atoms with Crippen molar-refractivity contribution in [2.75, 3.05) is 19.7 Å². The number of hydrogen-bond donors (Lipinski definition) is 0. The molecule has 1 fully saturated rings. The van der Waals surface area contributed by atoms with Gasteiger partial charge >= 0.3 is 6.09 Å². The van der Waals surface area contributed by atoms with E-state index < -0.39 is 0 Å². The number of aryl methyl sites for hydroxylation is 1. The molecule has 0 N–H and O–H groups in total. The van der Waals surface area contributed by atoms with Gasteiger partial charge in [-0.3, -0.25) is 0 Å². The summed E-state index contributed by atoms with van der Waals surface area (Å²) in [6.45, 7) is 5.43. The highest BCUT2D eigenvalue weighted by atomic mass is 16.6. The summed E-state index contributed by atoms with van der Waals surface area (Å²) < 4.78 is 10.7. The normalized spacial score (nSPS) is 18.8. The molecule has 18 heavy (non-hydrogen) atoms. The summed E-state index contributed by atoms with van der Waals surface area (Å²) >= 11 is 0. The van der Waals surface area contributed by atoms with Crippen LogP contribution >= 0.6 is 0 Å². The molecule has 1 aromatic heterocycles. The largest absolute Gasteiger partial charge is 0.472 e. The summed E-state index contributed by atoms with van der Waals surface area (Å²) in [6, 6.07) is 3.81. The van der Waals surface area contributed by atoms with Gasteiger partial charge in [0.1, 0.15) is 6.10 Å². The van der Waals surface area contributed by atoms with E-state index >= 15 is 0 Å². The second-order valence-electron chi connectivity index (χ2n) is 4.35. The average molecular weight is 250 g/mol. The van der Waals surface area contributed by atoms with Crippen molar-refractivity contribution in [2.24, 2.45) is 0 Å². The number of carbonyl (C=O) groups is 1. The Kier molecular flexibility index (Phi) is 4.02. The van der Waals surface area contributed by atoms with Crippen LogP contribution in [-0.2, 0) is 4.74 Å². The highest BCUT2D eigenvalue weighted by Gasteiger charge is 2.28. The Labute approximate surface area is 107 Å². The second kappa shape index (κ2) is 5.71. The number of aromatic nitrogens is 1. The van der Waals surface area contributed by atoms with Gasteiger partial charge in [-0.2, -0.15) is 0 Å². The molecule has 0 aliphatic carbocycles. The van der Waals surface area contributed by atoms with Gasteiger partial charge in [-0.25, -0.2) is 9.78 Å². The zero-order valence-corrected chi connectivity index (χ0v) is 10.8. The Morgan fingerprint density at radius 3 is 3.06 bits per heavy atom. The van der Waals surface area contributed by atoms with Crippen molar-refractivity contribution in [2.45, 2.75) is 26.4 Å². The first-order valence-electron chi connectivity index (χ1n) is 6.20. The third-order valence-corrected chi connectivity index (χ3v) is 2.84. The molecule has 98 valence electrons. The quantitative estimate of drug-likeness (QED) is 0.823. The van der Waals surface area contributed by atoms with Gasteiger partial charge < -0.3 is 14.4 Å². The Bertz CT molecular complexity index is 405. The Morgan fingerprint density at radius 2 is 2.39 bits per heavy atom. The zero-order valence-electron chi connectivity index (χ0n) is 10.8. The first-order valence-corrected chi connectivity index (χ1v) is 6.20. The SMILES string of the molecule is CCOC(=O)N1CCC(Oc2ccc(C)cn2)C1. The predicted molar refractivity (Wildman–Crippen MR) is 66.6 cm³/mol. The average Bonchev–Trinajstić information content (AvgIpc) is 2.81. The molecule has 1 atom stereocenters.